The highest BCUT2D eigenvalue weighted by Crippen LogP contribution is 2.46. The van der Waals surface area contributed by atoms with Crippen LogP contribution in [0, 0.1) is 0 Å². The van der Waals surface area contributed by atoms with Gasteiger partial charge in [-0.25, -0.2) is 31.7 Å². The highest BCUT2D eigenvalue weighted by atomic mass is 32.2. The zero-order chi connectivity index (χ0) is 26.9. The second-order valence-electron chi connectivity index (χ2n) is 9.09. The van der Waals surface area contributed by atoms with Gasteiger partial charge >= 0.3 is 0 Å². The summed E-state index contributed by atoms with van der Waals surface area (Å²) in [6.07, 6.45) is 2.37. The zero-order valence-electron chi connectivity index (χ0n) is 20.4. The van der Waals surface area contributed by atoms with Gasteiger partial charge in [0.1, 0.15) is 27.6 Å². The average molecular weight is 527 g/mol. The smallest absolute Gasteiger partial charge is 0.275 e. The molecule has 2 aliphatic rings. The van der Waals surface area contributed by atoms with Crippen LogP contribution in [0.3, 0.4) is 0 Å². The van der Waals surface area contributed by atoms with Crippen molar-refractivity contribution in [2.75, 3.05) is 13.2 Å². The Balaban J connectivity index is 1.73. The summed E-state index contributed by atoms with van der Waals surface area (Å²) >= 11 is 0. The van der Waals surface area contributed by atoms with Crippen LogP contribution in [0.25, 0.3) is 0 Å². The molecule has 1 aromatic heterocycles. The Morgan fingerprint density at radius 3 is 2.64 bits per heavy atom. The van der Waals surface area contributed by atoms with Crippen molar-refractivity contribution in [2.24, 2.45) is 15.1 Å². The first-order valence-electron chi connectivity index (χ1n) is 11.1. The molecule has 1 amide bonds. The van der Waals surface area contributed by atoms with Crippen LogP contribution in [0.2, 0.25) is 0 Å². The number of carbonyl (C=O) groups excluding carboxylic acids is 1. The van der Waals surface area contributed by atoms with E-state index in [0.29, 0.717) is 13.0 Å². The molecular formula is C23H29F3N6O3S. The molecule has 0 aromatic carbocycles. The highest BCUT2D eigenvalue weighted by molar-refractivity contribution is 7.96. The molecule has 0 fully saturated rings. The minimum atomic E-state index is -2.82. The maximum atomic E-state index is 15.2. The molecule has 0 radical (unpaired) electrons. The van der Waals surface area contributed by atoms with Crippen molar-refractivity contribution >= 4 is 21.5 Å². The number of amidine groups is 1. The molecule has 3 heterocycles. The molecule has 9 nitrogen and oxygen atoms in total. The minimum Gasteiger partial charge on any atom is -0.470 e. The minimum absolute atomic E-state index is 0.0106. The number of nitrogens with two attached hydrogens (primary N) is 1. The van der Waals surface area contributed by atoms with E-state index in [0.717, 1.165) is 18.5 Å². The van der Waals surface area contributed by atoms with Gasteiger partial charge in [-0.3, -0.25) is 9.79 Å². The third-order valence-corrected chi connectivity index (χ3v) is 10.00. The standard InChI is InChI=1S/C23H29F3N6O3S/c1-13(31-20(33)16-10-29-19(11-28-16)35-12-18(25)26)6-7-15(24)14(2)23(5)17-8-9-30-36(17,34)22(3,4)21(27)32-23/h6-7,10-11,17-18H,2,8-9,12H2,1,3-5H3,(H2,27,32)(H,31,33)/b13-6+,15-7+/t17-,23+,36+/m0/s1. The van der Waals surface area contributed by atoms with Gasteiger partial charge in [-0.2, -0.15) is 0 Å². The molecule has 36 heavy (non-hydrogen) atoms. The van der Waals surface area contributed by atoms with Crippen LogP contribution in [-0.2, 0) is 9.73 Å². The van der Waals surface area contributed by atoms with Gasteiger partial charge in [0.2, 0.25) is 5.88 Å². The summed E-state index contributed by atoms with van der Waals surface area (Å²) in [6, 6.07) is 0. The third-order valence-electron chi connectivity index (χ3n) is 6.30. The summed E-state index contributed by atoms with van der Waals surface area (Å²) in [6.45, 7) is 10.1. The number of allylic oxidation sites excluding steroid dienone is 3. The van der Waals surface area contributed by atoms with E-state index in [1.807, 2.05) is 0 Å². The number of hydrogen-bond donors (Lipinski definition) is 2. The Morgan fingerprint density at radius 2 is 2.03 bits per heavy atom. The number of amides is 1. The van der Waals surface area contributed by atoms with Crippen LogP contribution in [0.15, 0.2) is 57.6 Å². The number of aliphatic imine (C=N–C) groups is 1. The number of nitrogens with one attached hydrogen (secondary N) is 1. The lowest BCUT2D eigenvalue weighted by atomic mass is 9.86. The molecule has 1 aromatic rings. The van der Waals surface area contributed by atoms with E-state index in [-0.39, 0.29) is 28.7 Å². The summed E-state index contributed by atoms with van der Waals surface area (Å²) < 4.78 is 61.5. The molecule has 0 saturated carbocycles. The van der Waals surface area contributed by atoms with Gasteiger partial charge < -0.3 is 15.8 Å². The molecule has 3 N–H and O–H groups in total. The molecule has 3 rings (SSSR count). The number of fused-ring (bicyclic) bond motifs is 1. The predicted molar refractivity (Wildman–Crippen MR) is 131 cm³/mol. The Morgan fingerprint density at radius 1 is 1.33 bits per heavy atom. The molecule has 0 spiro atoms. The molecule has 0 aliphatic carbocycles. The SMILES string of the molecule is C=C(/C(F)=C\C=C(/C)NC(=O)c1cnc(OCC(F)F)cn1)[C@@]1(C)N=C(N)C(C)(C)[S@@]2(=O)=NCC[C@@H]12. The summed E-state index contributed by atoms with van der Waals surface area (Å²) in [5.41, 5.74) is 5.11. The van der Waals surface area contributed by atoms with Crippen molar-refractivity contribution < 1.29 is 26.9 Å². The van der Waals surface area contributed by atoms with Crippen LogP contribution < -0.4 is 15.8 Å². The Kier molecular flexibility index (Phi) is 7.63. The number of carbonyl (C=O) groups is 1. The van der Waals surface area contributed by atoms with E-state index in [4.69, 9.17) is 10.5 Å². The van der Waals surface area contributed by atoms with Gasteiger partial charge in [-0.1, -0.05) is 6.58 Å². The highest BCUT2D eigenvalue weighted by Gasteiger charge is 2.56. The van der Waals surface area contributed by atoms with Crippen LogP contribution in [0.1, 0.15) is 44.6 Å². The van der Waals surface area contributed by atoms with E-state index < -0.39 is 50.0 Å². The predicted octanol–water partition coefficient (Wildman–Crippen LogP) is 3.31. The van der Waals surface area contributed by atoms with Crippen molar-refractivity contribution in [3.05, 3.63) is 53.9 Å². The first kappa shape index (κ1) is 27.4. The van der Waals surface area contributed by atoms with E-state index >= 15 is 4.39 Å². The summed E-state index contributed by atoms with van der Waals surface area (Å²) in [4.78, 5) is 24.5. The van der Waals surface area contributed by atoms with Crippen LogP contribution in [0.5, 0.6) is 5.88 Å². The number of hydrogen-bond acceptors (Lipinski definition) is 8. The summed E-state index contributed by atoms with van der Waals surface area (Å²) in [7, 11) is -2.82. The van der Waals surface area contributed by atoms with Crippen molar-refractivity contribution in [2.45, 2.75) is 56.1 Å². The Hall–Kier alpha value is -3.22. The first-order valence-corrected chi connectivity index (χ1v) is 12.7. The first-order chi connectivity index (χ1) is 16.7. The fraction of sp³-hybridized carbons (Fsp3) is 0.478. The van der Waals surface area contributed by atoms with Crippen LogP contribution in [-0.4, -0.2) is 61.0 Å². The van der Waals surface area contributed by atoms with Crippen molar-refractivity contribution in [3.8, 4) is 5.88 Å². The van der Waals surface area contributed by atoms with E-state index in [2.05, 4.69) is 31.2 Å². The largest absolute Gasteiger partial charge is 0.470 e. The van der Waals surface area contributed by atoms with Gasteiger partial charge in [0.05, 0.1) is 27.4 Å². The van der Waals surface area contributed by atoms with Gasteiger partial charge in [0, 0.05) is 17.8 Å². The molecule has 0 unspecified atom stereocenters. The third kappa shape index (κ3) is 5.01. The average Bonchev–Trinajstić information content (AvgIpc) is 3.24. The topological polar surface area (TPSA) is 132 Å². The number of rotatable bonds is 8. The maximum absolute atomic E-state index is 15.2. The maximum Gasteiger partial charge on any atom is 0.275 e. The quantitative estimate of drug-likeness (QED) is 0.500. The molecule has 3 atom stereocenters. The fourth-order valence-electron chi connectivity index (χ4n) is 4.01. The number of aromatic nitrogens is 2. The molecule has 13 heteroatoms. The monoisotopic (exact) mass is 526 g/mol. The van der Waals surface area contributed by atoms with Gasteiger partial charge in [-0.05, 0) is 46.3 Å². The van der Waals surface area contributed by atoms with E-state index in [9.17, 15) is 17.8 Å². The van der Waals surface area contributed by atoms with Gasteiger partial charge in [0.25, 0.3) is 12.3 Å². The molecule has 196 valence electrons. The van der Waals surface area contributed by atoms with Gasteiger partial charge in [0.15, 0.2) is 6.61 Å². The van der Waals surface area contributed by atoms with Crippen molar-refractivity contribution in [1.29, 1.82) is 0 Å². The zero-order valence-corrected chi connectivity index (χ0v) is 21.2. The lowest BCUT2D eigenvalue weighted by molar-refractivity contribution is 0.0792. The van der Waals surface area contributed by atoms with Gasteiger partial charge in [-0.15, -0.1) is 0 Å². The normalized spacial score (nSPS) is 27.7. The van der Waals surface area contributed by atoms with Crippen LogP contribution in [0.4, 0.5) is 13.2 Å². The molecule has 0 saturated heterocycles. The number of ether oxygens (including phenoxy) is 1. The van der Waals surface area contributed by atoms with Crippen molar-refractivity contribution in [1.82, 2.24) is 15.3 Å². The van der Waals surface area contributed by atoms with E-state index in [1.165, 1.54) is 13.0 Å². The Labute approximate surface area is 208 Å². The molecule has 2 aliphatic heterocycles. The number of halogens is 3. The van der Waals surface area contributed by atoms with Crippen LogP contribution >= 0.6 is 0 Å². The lowest BCUT2D eigenvalue weighted by Gasteiger charge is -2.44. The fourth-order valence-corrected chi connectivity index (χ4v) is 7.19. The number of nitrogens with zero attached hydrogens (tertiary/aromatic N) is 4. The van der Waals surface area contributed by atoms with Crippen molar-refractivity contribution in [3.63, 3.8) is 0 Å². The lowest BCUT2D eigenvalue weighted by Crippen LogP contribution is -2.60. The second kappa shape index (κ2) is 10.0. The molecular weight excluding hydrogens is 497 g/mol. The Bertz CT molecular complexity index is 1270. The number of alkyl halides is 2. The molecule has 0 bridgehead atoms. The summed E-state index contributed by atoms with van der Waals surface area (Å²) in [5, 5.41) is 1.97. The summed E-state index contributed by atoms with van der Waals surface area (Å²) in [5.74, 6) is -1.37. The second-order valence-corrected chi connectivity index (χ2v) is 12.1. The van der Waals surface area contributed by atoms with E-state index in [1.54, 1.807) is 20.8 Å².